The standard InChI is InChI=1S/C13H17N5O3/c1-14-11(19)7-17-6-8(5-15-17)16-10-4-12(20)18(13(10)21)9-2-3-9/h5-6,9-10,16H,2-4,7H2,1H3,(H,14,19). The fourth-order valence-corrected chi connectivity index (χ4v) is 2.43. The zero-order valence-corrected chi connectivity index (χ0v) is 11.7. The van der Waals surface area contributed by atoms with E-state index in [1.807, 2.05) is 0 Å². The van der Waals surface area contributed by atoms with Crippen LogP contribution in [0.3, 0.4) is 0 Å². The average Bonchev–Trinajstić information content (AvgIpc) is 3.12. The predicted octanol–water partition coefficient (Wildman–Crippen LogP) is -0.669. The minimum atomic E-state index is -0.532. The lowest BCUT2D eigenvalue weighted by atomic mass is 10.2. The van der Waals surface area contributed by atoms with Crippen LogP contribution in [0.25, 0.3) is 0 Å². The summed E-state index contributed by atoms with van der Waals surface area (Å²) in [5, 5.41) is 9.57. The number of rotatable bonds is 5. The first-order valence-electron chi connectivity index (χ1n) is 6.94. The number of anilines is 1. The van der Waals surface area contributed by atoms with Gasteiger partial charge in [0.25, 0.3) is 5.91 Å². The molecule has 0 spiro atoms. The van der Waals surface area contributed by atoms with E-state index in [4.69, 9.17) is 0 Å². The van der Waals surface area contributed by atoms with Crippen LogP contribution in [-0.4, -0.2) is 51.5 Å². The van der Waals surface area contributed by atoms with Gasteiger partial charge in [0, 0.05) is 19.3 Å². The van der Waals surface area contributed by atoms with Gasteiger partial charge in [-0.3, -0.25) is 24.0 Å². The van der Waals surface area contributed by atoms with E-state index in [0.29, 0.717) is 5.69 Å². The third-order valence-corrected chi connectivity index (χ3v) is 3.65. The van der Waals surface area contributed by atoms with Gasteiger partial charge >= 0.3 is 0 Å². The Labute approximate surface area is 121 Å². The molecular formula is C13H17N5O3. The first-order chi connectivity index (χ1) is 10.1. The first kappa shape index (κ1) is 13.6. The molecule has 2 N–H and O–H groups in total. The number of hydrogen-bond acceptors (Lipinski definition) is 5. The van der Waals surface area contributed by atoms with E-state index in [1.54, 1.807) is 19.4 Å². The molecule has 1 atom stereocenters. The number of hydrogen-bond donors (Lipinski definition) is 2. The summed E-state index contributed by atoms with van der Waals surface area (Å²) in [7, 11) is 1.56. The molecule has 1 aromatic heterocycles. The zero-order valence-electron chi connectivity index (χ0n) is 11.7. The van der Waals surface area contributed by atoms with E-state index in [2.05, 4.69) is 15.7 Å². The molecule has 1 unspecified atom stereocenters. The summed E-state index contributed by atoms with van der Waals surface area (Å²) in [5.41, 5.74) is 0.628. The SMILES string of the molecule is CNC(=O)Cn1cc(NC2CC(=O)N(C3CC3)C2=O)cn1. The molecule has 1 aliphatic carbocycles. The molecule has 2 heterocycles. The highest BCUT2D eigenvalue weighted by Gasteiger charge is 2.46. The van der Waals surface area contributed by atoms with E-state index in [9.17, 15) is 14.4 Å². The van der Waals surface area contributed by atoms with Crippen LogP contribution in [0.1, 0.15) is 19.3 Å². The molecular weight excluding hydrogens is 274 g/mol. The van der Waals surface area contributed by atoms with Crippen molar-refractivity contribution in [3.63, 3.8) is 0 Å². The number of likely N-dealkylation sites (tertiary alicyclic amines) is 1. The molecule has 112 valence electrons. The van der Waals surface area contributed by atoms with Crippen molar-refractivity contribution >= 4 is 23.4 Å². The van der Waals surface area contributed by atoms with Crippen LogP contribution in [-0.2, 0) is 20.9 Å². The second kappa shape index (κ2) is 5.19. The molecule has 3 amide bonds. The Kier molecular flexibility index (Phi) is 3.36. The number of carbonyl (C=O) groups excluding carboxylic acids is 3. The largest absolute Gasteiger partial charge is 0.371 e. The normalized spacial score (nSPS) is 21.8. The fraction of sp³-hybridized carbons (Fsp3) is 0.538. The molecule has 2 fully saturated rings. The van der Waals surface area contributed by atoms with Crippen LogP contribution in [0.2, 0.25) is 0 Å². The van der Waals surface area contributed by atoms with Crippen molar-refractivity contribution in [3.8, 4) is 0 Å². The Bertz CT molecular complexity index is 592. The van der Waals surface area contributed by atoms with Gasteiger partial charge in [-0.15, -0.1) is 0 Å². The van der Waals surface area contributed by atoms with Crippen LogP contribution in [0, 0.1) is 0 Å². The van der Waals surface area contributed by atoms with Crippen LogP contribution in [0.15, 0.2) is 12.4 Å². The maximum atomic E-state index is 12.2. The molecule has 8 nitrogen and oxygen atoms in total. The summed E-state index contributed by atoms with van der Waals surface area (Å²) >= 11 is 0. The minimum Gasteiger partial charge on any atom is -0.371 e. The molecule has 1 aliphatic heterocycles. The number of aromatic nitrogens is 2. The molecule has 21 heavy (non-hydrogen) atoms. The third kappa shape index (κ3) is 2.74. The lowest BCUT2D eigenvalue weighted by Gasteiger charge is -2.14. The smallest absolute Gasteiger partial charge is 0.252 e. The third-order valence-electron chi connectivity index (χ3n) is 3.65. The molecule has 0 radical (unpaired) electrons. The van der Waals surface area contributed by atoms with Crippen LogP contribution >= 0.6 is 0 Å². The Morgan fingerprint density at radius 2 is 2.19 bits per heavy atom. The predicted molar refractivity (Wildman–Crippen MR) is 73.2 cm³/mol. The van der Waals surface area contributed by atoms with Gasteiger partial charge in [-0.2, -0.15) is 5.10 Å². The summed E-state index contributed by atoms with van der Waals surface area (Å²) in [4.78, 5) is 36.7. The number of nitrogens with one attached hydrogen (secondary N) is 2. The highest BCUT2D eigenvalue weighted by atomic mass is 16.2. The van der Waals surface area contributed by atoms with E-state index in [-0.39, 0.29) is 36.7 Å². The van der Waals surface area contributed by atoms with Gasteiger partial charge in [-0.05, 0) is 12.8 Å². The number of nitrogens with zero attached hydrogens (tertiary/aromatic N) is 3. The van der Waals surface area contributed by atoms with Crippen molar-refractivity contribution in [2.24, 2.45) is 0 Å². The van der Waals surface area contributed by atoms with E-state index in [0.717, 1.165) is 12.8 Å². The quantitative estimate of drug-likeness (QED) is 0.701. The van der Waals surface area contributed by atoms with Crippen molar-refractivity contribution in [1.29, 1.82) is 0 Å². The molecule has 2 aliphatic rings. The Balaban J connectivity index is 1.63. The minimum absolute atomic E-state index is 0.104. The van der Waals surface area contributed by atoms with Crippen LogP contribution < -0.4 is 10.6 Å². The summed E-state index contributed by atoms with van der Waals surface area (Å²) in [6.07, 6.45) is 5.19. The topological polar surface area (TPSA) is 96.3 Å². The maximum Gasteiger partial charge on any atom is 0.252 e. The highest BCUT2D eigenvalue weighted by Crippen LogP contribution is 2.32. The average molecular weight is 291 g/mol. The lowest BCUT2D eigenvalue weighted by Crippen LogP contribution is -2.36. The summed E-state index contributed by atoms with van der Waals surface area (Å²) in [5.74, 6) is -0.434. The monoisotopic (exact) mass is 291 g/mol. The number of imide groups is 1. The highest BCUT2D eigenvalue weighted by molar-refractivity contribution is 6.07. The Morgan fingerprint density at radius 3 is 2.86 bits per heavy atom. The van der Waals surface area contributed by atoms with Crippen molar-refractivity contribution in [1.82, 2.24) is 20.0 Å². The van der Waals surface area contributed by atoms with Crippen molar-refractivity contribution < 1.29 is 14.4 Å². The second-order valence-electron chi connectivity index (χ2n) is 5.33. The summed E-state index contributed by atoms with van der Waals surface area (Å²) in [6.45, 7) is 0.115. The number of likely N-dealkylation sites (N-methyl/N-ethyl adjacent to an activating group) is 1. The van der Waals surface area contributed by atoms with E-state index < -0.39 is 6.04 Å². The summed E-state index contributed by atoms with van der Waals surface area (Å²) < 4.78 is 1.47. The van der Waals surface area contributed by atoms with Crippen LogP contribution in [0.4, 0.5) is 5.69 Å². The molecule has 1 saturated heterocycles. The van der Waals surface area contributed by atoms with Gasteiger partial charge in [-0.25, -0.2) is 0 Å². The molecule has 3 rings (SSSR count). The van der Waals surface area contributed by atoms with E-state index >= 15 is 0 Å². The number of amides is 3. The number of carbonyl (C=O) groups is 3. The zero-order chi connectivity index (χ0) is 15.0. The molecule has 1 aromatic rings. The van der Waals surface area contributed by atoms with Crippen molar-refractivity contribution in [3.05, 3.63) is 12.4 Å². The molecule has 0 bridgehead atoms. The Hall–Kier alpha value is -2.38. The Morgan fingerprint density at radius 1 is 1.43 bits per heavy atom. The fourth-order valence-electron chi connectivity index (χ4n) is 2.43. The molecule has 1 saturated carbocycles. The maximum absolute atomic E-state index is 12.2. The lowest BCUT2D eigenvalue weighted by molar-refractivity contribution is -0.139. The molecule has 0 aromatic carbocycles. The van der Waals surface area contributed by atoms with Crippen molar-refractivity contribution in [2.75, 3.05) is 12.4 Å². The van der Waals surface area contributed by atoms with Gasteiger partial charge in [0.15, 0.2) is 0 Å². The van der Waals surface area contributed by atoms with Gasteiger partial charge < -0.3 is 10.6 Å². The van der Waals surface area contributed by atoms with Gasteiger partial charge in [0.05, 0.1) is 18.3 Å². The summed E-state index contributed by atoms with van der Waals surface area (Å²) in [6, 6.07) is -0.427. The second-order valence-corrected chi connectivity index (χ2v) is 5.33. The molecule has 8 heteroatoms. The first-order valence-corrected chi connectivity index (χ1v) is 6.94. The van der Waals surface area contributed by atoms with Gasteiger partial charge in [0.1, 0.15) is 12.6 Å². The van der Waals surface area contributed by atoms with Crippen LogP contribution in [0.5, 0.6) is 0 Å². The van der Waals surface area contributed by atoms with Gasteiger partial charge in [0.2, 0.25) is 11.8 Å². The van der Waals surface area contributed by atoms with E-state index in [1.165, 1.54) is 9.58 Å². The van der Waals surface area contributed by atoms with Crippen molar-refractivity contribution in [2.45, 2.75) is 37.9 Å². The van der Waals surface area contributed by atoms with Gasteiger partial charge in [-0.1, -0.05) is 0 Å².